The molecule has 0 aromatic carbocycles. The van der Waals surface area contributed by atoms with Crippen LogP contribution in [0, 0.1) is 12.8 Å². The Morgan fingerprint density at radius 1 is 1.40 bits per heavy atom. The number of rotatable bonds is 3. The van der Waals surface area contributed by atoms with Gasteiger partial charge in [-0.2, -0.15) is 0 Å². The number of pyridine rings is 1. The number of esters is 1. The molecular formula is C15H22N2O3. The first kappa shape index (κ1) is 14.8. The fraction of sp³-hybridized carbons (Fsp3) is 0.600. The highest BCUT2D eigenvalue weighted by molar-refractivity contribution is 5.90. The molecular weight excluding hydrogens is 256 g/mol. The van der Waals surface area contributed by atoms with E-state index in [0.717, 1.165) is 25.3 Å². The van der Waals surface area contributed by atoms with Crippen LogP contribution in [-0.4, -0.2) is 44.4 Å². The molecule has 1 saturated heterocycles. The summed E-state index contributed by atoms with van der Waals surface area (Å²) in [5.41, 5.74) is 1.21. The second kappa shape index (κ2) is 6.22. The van der Waals surface area contributed by atoms with Gasteiger partial charge >= 0.3 is 5.97 Å². The summed E-state index contributed by atoms with van der Waals surface area (Å²) in [6.45, 7) is 5.84. The Hall–Kier alpha value is -1.62. The largest absolute Gasteiger partial charge is 0.465 e. The van der Waals surface area contributed by atoms with E-state index >= 15 is 0 Å². The maximum Gasteiger partial charge on any atom is 0.339 e. The van der Waals surface area contributed by atoms with Crippen molar-refractivity contribution in [2.75, 3.05) is 32.2 Å². The molecule has 1 aliphatic heterocycles. The molecule has 1 fully saturated rings. The Morgan fingerprint density at radius 3 is 2.75 bits per heavy atom. The number of carbonyl (C=O) groups excluding carboxylic acids is 1. The molecule has 0 aliphatic carbocycles. The van der Waals surface area contributed by atoms with Crippen LogP contribution in [0.3, 0.4) is 0 Å². The van der Waals surface area contributed by atoms with Crippen LogP contribution in [0.15, 0.2) is 12.1 Å². The van der Waals surface area contributed by atoms with Crippen molar-refractivity contribution in [2.45, 2.75) is 26.4 Å². The monoisotopic (exact) mass is 278 g/mol. The zero-order valence-corrected chi connectivity index (χ0v) is 12.5. The molecule has 0 spiro atoms. The summed E-state index contributed by atoms with van der Waals surface area (Å²) in [7, 11) is 3.13. The molecule has 110 valence electrons. The van der Waals surface area contributed by atoms with Crippen molar-refractivity contribution in [3.63, 3.8) is 0 Å². The summed E-state index contributed by atoms with van der Waals surface area (Å²) >= 11 is 0. The smallest absolute Gasteiger partial charge is 0.339 e. The van der Waals surface area contributed by atoms with Gasteiger partial charge < -0.3 is 14.4 Å². The van der Waals surface area contributed by atoms with Gasteiger partial charge in [0.25, 0.3) is 0 Å². The van der Waals surface area contributed by atoms with Gasteiger partial charge in [-0.15, -0.1) is 0 Å². The van der Waals surface area contributed by atoms with Gasteiger partial charge in [0, 0.05) is 20.2 Å². The number of anilines is 1. The molecule has 20 heavy (non-hydrogen) atoms. The predicted octanol–water partition coefficient (Wildman–Crippen LogP) is 2.04. The van der Waals surface area contributed by atoms with E-state index < -0.39 is 0 Å². The van der Waals surface area contributed by atoms with E-state index in [2.05, 4.69) is 16.8 Å². The Bertz CT molecular complexity index is 490. The average molecular weight is 278 g/mol. The van der Waals surface area contributed by atoms with Crippen LogP contribution in [0.5, 0.6) is 0 Å². The van der Waals surface area contributed by atoms with Gasteiger partial charge in [0.2, 0.25) is 0 Å². The second-order valence-corrected chi connectivity index (χ2v) is 5.28. The third kappa shape index (κ3) is 2.93. The van der Waals surface area contributed by atoms with Gasteiger partial charge in [-0.3, -0.25) is 0 Å². The lowest BCUT2D eigenvalue weighted by atomic mass is 9.96. The predicted molar refractivity (Wildman–Crippen MR) is 77.1 cm³/mol. The summed E-state index contributed by atoms with van der Waals surface area (Å²) < 4.78 is 10.3. The molecule has 0 saturated carbocycles. The van der Waals surface area contributed by atoms with Crippen LogP contribution in [0.2, 0.25) is 0 Å². The van der Waals surface area contributed by atoms with Crippen molar-refractivity contribution in [3.05, 3.63) is 23.4 Å². The number of carbonyl (C=O) groups is 1. The highest BCUT2D eigenvalue weighted by atomic mass is 16.5. The third-order valence-corrected chi connectivity index (χ3v) is 3.99. The van der Waals surface area contributed by atoms with Crippen molar-refractivity contribution in [1.82, 2.24) is 4.98 Å². The Balaban J connectivity index is 2.17. The van der Waals surface area contributed by atoms with E-state index in [1.807, 2.05) is 13.0 Å². The van der Waals surface area contributed by atoms with Crippen LogP contribution in [-0.2, 0) is 9.47 Å². The molecule has 2 atom stereocenters. The summed E-state index contributed by atoms with van der Waals surface area (Å²) in [4.78, 5) is 18.3. The fourth-order valence-electron chi connectivity index (χ4n) is 2.60. The van der Waals surface area contributed by atoms with E-state index in [-0.39, 0.29) is 12.1 Å². The van der Waals surface area contributed by atoms with Gasteiger partial charge in [-0.25, -0.2) is 9.78 Å². The summed E-state index contributed by atoms with van der Waals surface area (Å²) in [5, 5.41) is 0. The molecule has 1 aliphatic rings. The molecule has 2 heterocycles. The molecule has 0 N–H and O–H groups in total. The van der Waals surface area contributed by atoms with E-state index in [4.69, 9.17) is 9.47 Å². The number of aromatic nitrogens is 1. The molecule has 5 nitrogen and oxygen atoms in total. The molecule has 2 rings (SSSR count). The SMILES string of the molecule is COC(=O)c1ccc(N2CCC(C)C(OC)C2)nc1C. The van der Waals surface area contributed by atoms with Crippen LogP contribution < -0.4 is 4.90 Å². The number of nitrogens with zero attached hydrogens (tertiary/aromatic N) is 2. The zero-order valence-electron chi connectivity index (χ0n) is 12.5. The van der Waals surface area contributed by atoms with Gasteiger partial charge in [0.15, 0.2) is 0 Å². The number of methoxy groups -OCH3 is 2. The average Bonchev–Trinajstić information content (AvgIpc) is 2.47. The molecule has 0 amide bonds. The van der Waals surface area contributed by atoms with E-state index in [1.165, 1.54) is 7.11 Å². The molecule has 0 bridgehead atoms. The lowest BCUT2D eigenvalue weighted by Gasteiger charge is -2.37. The Labute approximate surface area is 119 Å². The first-order valence-electron chi connectivity index (χ1n) is 6.90. The minimum atomic E-state index is -0.344. The van der Waals surface area contributed by atoms with E-state index in [1.54, 1.807) is 13.2 Å². The minimum Gasteiger partial charge on any atom is -0.465 e. The van der Waals surface area contributed by atoms with Crippen molar-refractivity contribution >= 4 is 11.8 Å². The summed E-state index contributed by atoms with van der Waals surface area (Å²) in [6, 6.07) is 3.66. The minimum absolute atomic E-state index is 0.228. The molecule has 1 aromatic rings. The Morgan fingerprint density at radius 2 is 2.15 bits per heavy atom. The highest BCUT2D eigenvalue weighted by Gasteiger charge is 2.27. The van der Waals surface area contributed by atoms with Crippen molar-refractivity contribution in [1.29, 1.82) is 0 Å². The van der Waals surface area contributed by atoms with Crippen molar-refractivity contribution < 1.29 is 14.3 Å². The summed E-state index contributed by atoms with van der Waals surface area (Å²) in [6.07, 6.45) is 1.31. The van der Waals surface area contributed by atoms with Crippen LogP contribution >= 0.6 is 0 Å². The molecule has 0 radical (unpaired) electrons. The Kier molecular flexibility index (Phi) is 4.60. The van der Waals surface area contributed by atoms with Gasteiger partial charge in [0.1, 0.15) is 5.82 Å². The normalized spacial score (nSPS) is 22.7. The number of hydrogen-bond acceptors (Lipinski definition) is 5. The van der Waals surface area contributed by atoms with Crippen molar-refractivity contribution in [3.8, 4) is 0 Å². The first-order valence-corrected chi connectivity index (χ1v) is 6.90. The quantitative estimate of drug-likeness (QED) is 0.792. The number of hydrogen-bond donors (Lipinski definition) is 0. The third-order valence-electron chi connectivity index (χ3n) is 3.99. The topological polar surface area (TPSA) is 51.7 Å². The van der Waals surface area contributed by atoms with Crippen LogP contribution in [0.1, 0.15) is 29.4 Å². The van der Waals surface area contributed by atoms with Crippen molar-refractivity contribution in [2.24, 2.45) is 5.92 Å². The summed E-state index contributed by atoms with van der Waals surface area (Å²) in [5.74, 6) is 1.11. The van der Waals surface area contributed by atoms with Gasteiger partial charge in [-0.05, 0) is 31.4 Å². The molecule has 5 heteroatoms. The lowest BCUT2D eigenvalue weighted by Crippen LogP contribution is -2.44. The number of aryl methyl sites for hydroxylation is 1. The number of ether oxygens (including phenoxy) is 2. The standard InChI is InChI=1S/C15H22N2O3/c1-10-7-8-17(9-13(10)19-3)14-6-5-12(11(2)16-14)15(18)20-4/h5-6,10,13H,7-9H2,1-4H3. The van der Waals surface area contributed by atoms with E-state index in [0.29, 0.717) is 17.2 Å². The fourth-order valence-corrected chi connectivity index (χ4v) is 2.60. The second-order valence-electron chi connectivity index (χ2n) is 5.28. The van der Waals surface area contributed by atoms with Crippen LogP contribution in [0.4, 0.5) is 5.82 Å². The maximum atomic E-state index is 11.6. The first-order chi connectivity index (χ1) is 9.56. The molecule has 2 unspecified atom stereocenters. The van der Waals surface area contributed by atoms with Crippen LogP contribution in [0.25, 0.3) is 0 Å². The lowest BCUT2D eigenvalue weighted by molar-refractivity contribution is 0.0496. The molecule has 1 aromatic heterocycles. The van der Waals surface area contributed by atoms with Gasteiger partial charge in [-0.1, -0.05) is 6.92 Å². The maximum absolute atomic E-state index is 11.6. The zero-order chi connectivity index (χ0) is 14.7. The van der Waals surface area contributed by atoms with Gasteiger partial charge in [0.05, 0.1) is 24.5 Å². The van der Waals surface area contributed by atoms with E-state index in [9.17, 15) is 4.79 Å². The number of piperidine rings is 1. The highest BCUT2D eigenvalue weighted by Crippen LogP contribution is 2.24.